The van der Waals surface area contributed by atoms with Crippen molar-refractivity contribution in [2.24, 2.45) is 5.92 Å². The number of nitrogens with zero attached hydrogens (tertiary/aromatic N) is 6. The molecule has 4 aromatic heterocycles. The molecule has 0 radical (unpaired) electrons. The van der Waals surface area contributed by atoms with Crippen molar-refractivity contribution in [3.8, 4) is 5.69 Å². The maximum atomic E-state index is 14.7. The van der Waals surface area contributed by atoms with Gasteiger partial charge in [0.1, 0.15) is 23.3 Å². The molecule has 11 heteroatoms. The first-order valence-corrected chi connectivity index (χ1v) is 13.2. The number of benzene rings is 1. The van der Waals surface area contributed by atoms with Crippen molar-refractivity contribution in [3.63, 3.8) is 0 Å². The SMILES string of the molecule is CC1CCN(c2ncnc3[nH]cc(S(C)=O)c23)C1(C)c1nn2ccc(F)c2c(=O)n1-c1ccccc1. The Morgan fingerprint density at radius 3 is 2.72 bits per heavy atom. The molecule has 1 saturated heterocycles. The van der Waals surface area contributed by atoms with Gasteiger partial charge >= 0.3 is 0 Å². The van der Waals surface area contributed by atoms with E-state index in [2.05, 4.69) is 26.8 Å². The fraction of sp³-hybridized carbons (Fsp3) is 0.280. The molecule has 36 heavy (non-hydrogen) atoms. The molecule has 1 aromatic carbocycles. The highest BCUT2D eigenvalue weighted by molar-refractivity contribution is 7.84. The van der Waals surface area contributed by atoms with Crippen LogP contribution < -0.4 is 10.5 Å². The Labute approximate surface area is 208 Å². The quantitative estimate of drug-likeness (QED) is 0.402. The van der Waals surface area contributed by atoms with Gasteiger partial charge in [-0.3, -0.25) is 13.6 Å². The lowest BCUT2D eigenvalue weighted by Gasteiger charge is -2.39. The van der Waals surface area contributed by atoms with E-state index >= 15 is 0 Å². The number of H-pyrrole nitrogens is 1. The summed E-state index contributed by atoms with van der Waals surface area (Å²) in [7, 11) is -1.27. The molecular formula is C25H24FN7O2S. The first-order chi connectivity index (χ1) is 17.3. The highest BCUT2D eigenvalue weighted by atomic mass is 32.2. The van der Waals surface area contributed by atoms with Gasteiger partial charge in [-0.05, 0) is 37.5 Å². The van der Waals surface area contributed by atoms with Gasteiger partial charge in [-0.1, -0.05) is 25.1 Å². The van der Waals surface area contributed by atoms with Crippen LogP contribution >= 0.6 is 0 Å². The summed E-state index contributed by atoms with van der Waals surface area (Å²) in [5.41, 5.74) is -0.225. The second-order valence-corrected chi connectivity index (χ2v) is 10.6. The van der Waals surface area contributed by atoms with Crippen molar-refractivity contribution in [1.82, 2.24) is 29.1 Å². The van der Waals surface area contributed by atoms with Crippen molar-refractivity contribution in [2.75, 3.05) is 17.7 Å². The maximum absolute atomic E-state index is 14.7. The summed E-state index contributed by atoms with van der Waals surface area (Å²) in [6, 6.07) is 10.4. The number of aromatic nitrogens is 6. The Bertz CT molecular complexity index is 1710. The van der Waals surface area contributed by atoms with E-state index in [-0.39, 0.29) is 11.4 Å². The summed E-state index contributed by atoms with van der Waals surface area (Å²) in [5.74, 6) is 0.515. The maximum Gasteiger partial charge on any atom is 0.285 e. The van der Waals surface area contributed by atoms with E-state index < -0.39 is 27.7 Å². The largest absolute Gasteiger partial charge is 0.345 e. The van der Waals surface area contributed by atoms with Crippen LogP contribution in [0.15, 0.2) is 64.8 Å². The van der Waals surface area contributed by atoms with E-state index in [1.165, 1.54) is 27.7 Å². The second kappa shape index (κ2) is 8.09. The molecule has 3 atom stereocenters. The van der Waals surface area contributed by atoms with Crippen LogP contribution in [0.1, 0.15) is 26.1 Å². The zero-order valence-electron chi connectivity index (χ0n) is 20.0. The van der Waals surface area contributed by atoms with Crippen molar-refractivity contribution in [2.45, 2.75) is 30.7 Å². The predicted octanol–water partition coefficient (Wildman–Crippen LogP) is 3.39. The Balaban J connectivity index is 1.68. The third-order valence-electron chi connectivity index (χ3n) is 7.39. The van der Waals surface area contributed by atoms with E-state index in [9.17, 15) is 13.4 Å². The Hall–Kier alpha value is -3.86. The fourth-order valence-corrected chi connectivity index (χ4v) is 5.99. The highest BCUT2D eigenvalue weighted by Gasteiger charge is 2.49. The molecule has 0 saturated carbocycles. The van der Waals surface area contributed by atoms with Crippen molar-refractivity contribution < 1.29 is 8.60 Å². The lowest BCUT2D eigenvalue weighted by Crippen LogP contribution is -2.47. The average Bonchev–Trinajstić information content (AvgIpc) is 3.56. The molecule has 9 nitrogen and oxygen atoms in total. The highest BCUT2D eigenvalue weighted by Crippen LogP contribution is 2.46. The summed E-state index contributed by atoms with van der Waals surface area (Å²) in [5, 5.41) is 5.51. The monoisotopic (exact) mass is 505 g/mol. The topological polar surface area (TPSA) is 101 Å². The number of halogens is 1. The van der Waals surface area contributed by atoms with E-state index in [0.29, 0.717) is 39.8 Å². The van der Waals surface area contributed by atoms with Crippen LogP contribution in [0.5, 0.6) is 0 Å². The van der Waals surface area contributed by atoms with E-state index in [1.807, 2.05) is 37.3 Å². The van der Waals surface area contributed by atoms with Gasteiger partial charge in [0.05, 0.1) is 26.8 Å². The summed E-state index contributed by atoms with van der Waals surface area (Å²) in [4.78, 5) is 28.5. The molecule has 5 aromatic rings. The number of hydrogen-bond donors (Lipinski definition) is 1. The van der Waals surface area contributed by atoms with Gasteiger partial charge in [0, 0.05) is 25.2 Å². The van der Waals surface area contributed by atoms with Gasteiger partial charge in [-0.25, -0.2) is 18.9 Å². The first kappa shape index (κ1) is 22.6. The first-order valence-electron chi connectivity index (χ1n) is 11.6. The molecule has 0 bridgehead atoms. The smallest absolute Gasteiger partial charge is 0.285 e. The summed E-state index contributed by atoms with van der Waals surface area (Å²) >= 11 is 0. The van der Waals surface area contributed by atoms with Crippen LogP contribution in [0, 0.1) is 11.7 Å². The second-order valence-electron chi connectivity index (χ2n) is 9.27. The standard InChI is InChI=1S/C25H24FN7O2S/c1-15-9-11-31(22-19-18(36(3)35)13-27-21(19)28-14-29-22)25(15,2)24-30-32-12-10-17(26)20(32)23(34)33(24)16-7-5-4-6-8-16/h4-8,10,12-15H,9,11H2,1-3H3,(H,27,28,29). The van der Waals surface area contributed by atoms with Gasteiger partial charge in [0.25, 0.3) is 5.56 Å². The number of hydrogen-bond acceptors (Lipinski definition) is 6. The van der Waals surface area contributed by atoms with Gasteiger partial charge in [0.15, 0.2) is 17.2 Å². The molecule has 5 heterocycles. The van der Waals surface area contributed by atoms with Crippen LogP contribution in [0.3, 0.4) is 0 Å². The molecule has 184 valence electrons. The number of aromatic amines is 1. The molecule has 3 unspecified atom stereocenters. The predicted molar refractivity (Wildman–Crippen MR) is 135 cm³/mol. The fourth-order valence-electron chi connectivity index (χ4n) is 5.29. The van der Waals surface area contributed by atoms with Crippen LogP contribution in [-0.2, 0) is 16.3 Å². The lowest BCUT2D eigenvalue weighted by molar-refractivity contribution is 0.335. The number of fused-ring (bicyclic) bond motifs is 2. The molecule has 1 N–H and O–H groups in total. The van der Waals surface area contributed by atoms with Crippen LogP contribution in [0.25, 0.3) is 22.2 Å². The summed E-state index contributed by atoms with van der Waals surface area (Å²) in [6.07, 6.45) is 7.06. The van der Waals surface area contributed by atoms with E-state index in [0.717, 1.165) is 6.42 Å². The van der Waals surface area contributed by atoms with Crippen LogP contribution in [-0.4, -0.2) is 46.1 Å². The van der Waals surface area contributed by atoms with Gasteiger partial charge in [-0.2, -0.15) is 5.10 Å². The van der Waals surface area contributed by atoms with Gasteiger partial charge in [0.2, 0.25) is 0 Å². The van der Waals surface area contributed by atoms with Gasteiger partial charge < -0.3 is 9.88 Å². The number of nitrogens with one attached hydrogen (secondary N) is 1. The lowest BCUT2D eigenvalue weighted by atomic mass is 9.86. The number of anilines is 1. The zero-order valence-corrected chi connectivity index (χ0v) is 20.8. The Kier molecular flexibility index (Phi) is 5.08. The molecular weight excluding hydrogens is 481 g/mol. The normalized spacial score (nSPS) is 21.0. The number of rotatable bonds is 4. The molecule has 0 amide bonds. The zero-order chi connectivity index (χ0) is 25.2. The average molecular weight is 506 g/mol. The molecule has 1 fully saturated rings. The Morgan fingerprint density at radius 1 is 1.19 bits per heavy atom. The molecule has 0 aliphatic carbocycles. The number of para-hydroxylation sites is 1. The summed E-state index contributed by atoms with van der Waals surface area (Å²) in [6.45, 7) is 4.77. The molecule has 1 aliphatic rings. The van der Waals surface area contributed by atoms with Crippen LogP contribution in [0.2, 0.25) is 0 Å². The minimum Gasteiger partial charge on any atom is -0.345 e. The molecule has 1 aliphatic heterocycles. The third kappa shape index (κ3) is 3.08. The summed E-state index contributed by atoms with van der Waals surface area (Å²) < 4.78 is 30.0. The van der Waals surface area contributed by atoms with Crippen molar-refractivity contribution in [3.05, 3.63) is 77.1 Å². The van der Waals surface area contributed by atoms with Crippen LogP contribution in [0.4, 0.5) is 10.2 Å². The van der Waals surface area contributed by atoms with Crippen molar-refractivity contribution >= 4 is 33.2 Å². The van der Waals surface area contributed by atoms with Crippen molar-refractivity contribution in [1.29, 1.82) is 0 Å². The molecule has 6 rings (SSSR count). The van der Waals surface area contributed by atoms with E-state index in [4.69, 9.17) is 5.10 Å². The minimum atomic E-state index is -1.27. The van der Waals surface area contributed by atoms with E-state index in [1.54, 1.807) is 12.5 Å². The Morgan fingerprint density at radius 2 is 1.97 bits per heavy atom. The van der Waals surface area contributed by atoms with Gasteiger partial charge in [-0.15, -0.1) is 0 Å². The minimum absolute atomic E-state index is 0.0525. The third-order valence-corrected chi connectivity index (χ3v) is 8.33. The molecule has 0 spiro atoms.